The Kier molecular flexibility index (Phi) is 2.61. The van der Waals surface area contributed by atoms with Crippen LogP contribution in [0.15, 0.2) is 0 Å². The van der Waals surface area contributed by atoms with Gasteiger partial charge in [-0.05, 0) is 25.7 Å². The summed E-state index contributed by atoms with van der Waals surface area (Å²) in [5.74, 6) is -2.38. The molecule has 0 aromatic rings. The molecule has 1 spiro atoms. The second kappa shape index (κ2) is 3.65. The first-order chi connectivity index (χ1) is 7.07. The van der Waals surface area contributed by atoms with Gasteiger partial charge in [-0.15, -0.1) is 0 Å². The Morgan fingerprint density at radius 3 is 2.40 bits per heavy atom. The molecular weight excluding hydrogens is 202 g/mol. The summed E-state index contributed by atoms with van der Waals surface area (Å²) in [6.07, 6.45) is 1.53. The van der Waals surface area contributed by atoms with Crippen molar-refractivity contribution in [2.45, 2.75) is 45.0 Å². The number of rotatable bonds is 2. The van der Waals surface area contributed by atoms with Crippen LogP contribution in [0, 0.1) is 11.3 Å². The number of halogens is 2. The van der Waals surface area contributed by atoms with Crippen LogP contribution in [0.4, 0.5) is 8.78 Å². The van der Waals surface area contributed by atoms with Crippen molar-refractivity contribution >= 4 is 11.6 Å². The van der Waals surface area contributed by atoms with Crippen LogP contribution < -0.4 is 0 Å². The molecule has 0 N–H and O–H groups in total. The lowest BCUT2D eigenvalue weighted by molar-refractivity contribution is -0.141. The molecule has 0 radical (unpaired) electrons. The predicted octanol–water partition coefficient (Wildman–Crippen LogP) is 2.36. The van der Waals surface area contributed by atoms with Crippen molar-refractivity contribution in [2.75, 3.05) is 0 Å². The van der Waals surface area contributed by atoms with Gasteiger partial charge < -0.3 is 0 Å². The van der Waals surface area contributed by atoms with E-state index in [9.17, 15) is 18.4 Å². The van der Waals surface area contributed by atoms with Gasteiger partial charge in [0.25, 0.3) is 6.43 Å². The Labute approximate surface area is 87.0 Å². The summed E-state index contributed by atoms with van der Waals surface area (Å²) in [7, 11) is 0. The minimum Gasteiger partial charge on any atom is -0.298 e. The molecule has 2 aliphatic carbocycles. The van der Waals surface area contributed by atoms with E-state index in [-0.39, 0.29) is 5.78 Å². The molecule has 0 aromatic heterocycles. The predicted molar refractivity (Wildman–Crippen MR) is 49.6 cm³/mol. The normalized spacial score (nSPS) is 29.3. The second-order valence-corrected chi connectivity index (χ2v) is 4.65. The Balaban J connectivity index is 2.13. The van der Waals surface area contributed by atoms with E-state index < -0.39 is 23.5 Å². The van der Waals surface area contributed by atoms with Crippen LogP contribution in [0.2, 0.25) is 0 Å². The van der Waals surface area contributed by atoms with E-state index in [1.165, 1.54) is 0 Å². The lowest BCUT2D eigenvalue weighted by Crippen LogP contribution is -2.32. The van der Waals surface area contributed by atoms with Crippen LogP contribution >= 0.6 is 0 Å². The number of alkyl halides is 2. The molecule has 4 heteroatoms. The fourth-order valence-electron chi connectivity index (χ4n) is 3.02. The molecule has 1 atom stereocenters. The van der Waals surface area contributed by atoms with Crippen LogP contribution in [0.1, 0.15) is 38.5 Å². The summed E-state index contributed by atoms with van der Waals surface area (Å²) in [6, 6.07) is 0. The number of ketones is 2. The van der Waals surface area contributed by atoms with Gasteiger partial charge in [0.2, 0.25) is 5.78 Å². The first-order valence-corrected chi connectivity index (χ1v) is 5.43. The molecule has 1 unspecified atom stereocenters. The lowest BCUT2D eigenvalue weighted by Gasteiger charge is -2.20. The van der Waals surface area contributed by atoms with E-state index in [0.717, 1.165) is 25.7 Å². The summed E-state index contributed by atoms with van der Waals surface area (Å²) in [4.78, 5) is 23.0. The molecule has 2 aliphatic rings. The molecule has 0 aromatic carbocycles. The highest BCUT2D eigenvalue weighted by atomic mass is 19.3. The van der Waals surface area contributed by atoms with E-state index in [4.69, 9.17) is 0 Å². The van der Waals surface area contributed by atoms with Crippen molar-refractivity contribution in [1.29, 1.82) is 0 Å². The standard InChI is InChI=1S/C11H14F2O2/c12-10(13)8(14)7-3-6-11(9(7)15)4-1-2-5-11/h7,10H,1-6H2. The molecule has 0 aliphatic heterocycles. The average Bonchev–Trinajstić information content (AvgIpc) is 2.77. The van der Waals surface area contributed by atoms with E-state index in [1.54, 1.807) is 0 Å². The lowest BCUT2D eigenvalue weighted by atomic mass is 9.82. The quantitative estimate of drug-likeness (QED) is 0.664. The van der Waals surface area contributed by atoms with Crippen molar-refractivity contribution in [3.8, 4) is 0 Å². The number of hydrogen-bond donors (Lipinski definition) is 0. The molecule has 2 rings (SSSR count). The van der Waals surface area contributed by atoms with Gasteiger partial charge in [-0.25, -0.2) is 8.78 Å². The summed E-state index contributed by atoms with van der Waals surface area (Å²) in [6.45, 7) is 0. The SMILES string of the molecule is O=C(C(F)F)C1CCC2(CCCC2)C1=O. The zero-order valence-electron chi connectivity index (χ0n) is 8.47. The Morgan fingerprint density at radius 1 is 1.27 bits per heavy atom. The topological polar surface area (TPSA) is 34.1 Å². The first-order valence-electron chi connectivity index (χ1n) is 5.43. The largest absolute Gasteiger partial charge is 0.298 e. The van der Waals surface area contributed by atoms with Gasteiger partial charge in [-0.3, -0.25) is 9.59 Å². The van der Waals surface area contributed by atoms with E-state index >= 15 is 0 Å². The highest BCUT2D eigenvalue weighted by Crippen LogP contribution is 2.50. The number of hydrogen-bond acceptors (Lipinski definition) is 2. The van der Waals surface area contributed by atoms with E-state index in [0.29, 0.717) is 12.8 Å². The maximum Gasteiger partial charge on any atom is 0.296 e. The smallest absolute Gasteiger partial charge is 0.296 e. The van der Waals surface area contributed by atoms with Gasteiger partial charge in [0.1, 0.15) is 5.78 Å². The summed E-state index contributed by atoms with van der Waals surface area (Å²) in [5, 5.41) is 0. The Bertz CT molecular complexity index is 293. The Hall–Kier alpha value is -0.800. The molecule has 15 heavy (non-hydrogen) atoms. The number of Topliss-reactive ketones (excluding diaryl/α,β-unsaturated/α-hetero) is 2. The van der Waals surface area contributed by atoms with Crippen LogP contribution in [0.3, 0.4) is 0 Å². The molecule has 2 saturated carbocycles. The van der Waals surface area contributed by atoms with Crippen LogP contribution in [-0.2, 0) is 9.59 Å². The third-order valence-corrected chi connectivity index (χ3v) is 3.87. The highest BCUT2D eigenvalue weighted by Gasteiger charge is 2.52. The maximum absolute atomic E-state index is 12.2. The van der Waals surface area contributed by atoms with E-state index in [2.05, 4.69) is 0 Å². The average molecular weight is 216 g/mol. The van der Waals surface area contributed by atoms with Crippen molar-refractivity contribution < 1.29 is 18.4 Å². The molecule has 0 saturated heterocycles. The van der Waals surface area contributed by atoms with Gasteiger partial charge in [0.15, 0.2) is 0 Å². The molecule has 2 nitrogen and oxygen atoms in total. The van der Waals surface area contributed by atoms with Gasteiger partial charge in [0, 0.05) is 5.41 Å². The van der Waals surface area contributed by atoms with Crippen LogP contribution in [0.25, 0.3) is 0 Å². The van der Waals surface area contributed by atoms with Crippen LogP contribution in [-0.4, -0.2) is 18.0 Å². The molecular formula is C11H14F2O2. The van der Waals surface area contributed by atoms with Gasteiger partial charge in [-0.1, -0.05) is 12.8 Å². The van der Waals surface area contributed by atoms with Gasteiger partial charge in [-0.2, -0.15) is 0 Å². The molecule has 2 fully saturated rings. The summed E-state index contributed by atoms with van der Waals surface area (Å²) < 4.78 is 24.5. The van der Waals surface area contributed by atoms with Gasteiger partial charge in [0.05, 0.1) is 5.92 Å². The number of carbonyl (C=O) groups is 2. The molecule has 0 amide bonds. The number of carbonyl (C=O) groups excluding carboxylic acids is 2. The Morgan fingerprint density at radius 2 is 1.87 bits per heavy atom. The van der Waals surface area contributed by atoms with Crippen LogP contribution in [0.5, 0.6) is 0 Å². The minimum absolute atomic E-state index is 0.203. The molecule has 0 bridgehead atoms. The van der Waals surface area contributed by atoms with E-state index in [1.807, 2.05) is 0 Å². The van der Waals surface area contributed by atoms with Gasteiger partial charge >= 0.3 is 0 Å². The third kappa shape index (κ3) is 1.60. The fourth-order valence-corrected chi connectivity index (χ4v) is 3.02. The summed E-state index contributed by atoms with van der Waals surface area (Å²) >= 11 is 0. The first kappa shape index (κ1) is 10.7. The maximum atomic E-state index is 12.2. The third-order valence-electron chi connectivity index (χ3n) is 3.87. The minimum atomic E-state index is -2.99. The zero-order chi connectivity index (χ0) is 11.1. The molecule has 0 heterocycles. The fraction of sp³-hybridized carbons (Fsp3) is 0.818. The monoisotopic (exact) mass is 216 g/mol. The van der Waals surface area contributed by atoms with Crippen molar-refractivity contribution in [2.24, 2.45) is 11.3 Å². The van der Waals surface area contributed by atoms with Crippen molar-refractivity contribution in [3.05, 3.63) is 0 Å². The molecule has 84 valence electrons. The zero-order valence-corrected chi connectivity index (χ0v) is 8.47. The second-order valence-electron chi connectivity index (χ2n) is 4.65. The van der Waals surface area contributed by atoms with Crippen molar-refractivity contribution in [3.63, 3.8) is 0 Å². The van der Waals surface area contributed by atoms with Crippen molar-refractivity contribution in [1.82, 2.24) is 0 Å². The highest BCUT2D eigenvalue weighted by molar-refractivity contribution is 6.07. The summed E-state index contributed by atoms with van der Waals surface area (Å²) in [5.41, 5.74) is -0.408.